The van der Waals surface area contributed by atoms with E-state index in [0.29, 0.717) is 23.6 Å². The minimum Gasteiger partial charge on any atom is -0.307 e. The third kappa shape index (κ3) is 5.40. The summed E-state index contributed by atoms with van der Waals surface area (Å²) in [5, 5.41) is 8.85. The highest BCUT2D eigenvalue weighted by Gasteiger charge is 2.14. The first-order chi connectivity index (χ1) is 11.3. The minimum absolute atomic E-state index is 0.0376. The maximum absolute atomic E-state index is 12.3. The zero-order chi connectivity index (χ0) is 17.7. The molecule has 0 bridgehead atoms. The highest BCUT2D eigenvalue weighted by molar-refractivity contribution is 7.99. The van der Waals surface area contributed by atoms with Crippen LogP contribution in [0.25, 0.3) is 0 Å². The summed E-state index contributed by atoms with van der Waals surface area (Å²) < 4.78 is 26.5. The molecule has 0 spiro atoms. The van der Waals surface area contributed by atoms with Crippen LogP contribution in [-0.2, 0) is 23.0 Å². The van der Waals surface area contributed by atoms with Crippen LogP contribution in [0.1, 0.15) is 27.3 Å². The Morgan fingerprint density at radius 2 is 2.12 bits per heavy atom. The van der Waals surface area contributed by atoms with Gasteiger partial charge in [-0.15, -0.1) is 21.5 Å². The number of thiophene rings is 1. The fourth-order valence-electron chi connectivity index (χ4n) is 2.06. The van der Waals surface area contributed by atoms with Crippen molar-refractivity contribution < 1.29 is 13.2 Å². The van der Waals surface area contributed by atoms with E-state index in [1.54, 1.807) is 6.07 Å². The van der Waals surface area contributed by atoms with Gasteiger partial charge < -0.3 is 4.57 Å². The van der Waals surface area contributed by atoms with Crippen LogP contribution in [0.15, 0.2) is 17.3 Å². The zero-order valence-electron chi connectivity index (χ0n) is 13.8. The van der Waals surface area contributed by atoms with Crippen molar-refractivity contribution in [3.05, 3.63) is 27.7 Å². The van der Waals surface area contributed by atoms with Gasteiger partial charge in [-0.3, -0.25) is 4.79 Å². The predicted molar refractivity (Wildman–Crippen MR) is 96.4 cm³/mol. The fourth-order valence-corrected chi connectivity index (χ4v) is 4.50. The van der Waals surface area contributed by atoms with Crippen LogP contribution in [0, 0.1) is 6.92 Å². The summed E-state index contributed by atoms with van der Waals surface area (Å²) in [5.74, 6) is 1.18. The van der Waals surface area contributed by atoms with Crippen molar-refractivity contribution in [2.24, 2.45) is 0 Å². The topological polar surface area (TPSA) is 93.9 Å². The second kappa shape index (κ2) is 8.24. The highest BCUT2D eigenvalue weighted by atomic mass is 32.2. The summed E-state index contributed by atoms with van der Waals surface area (Å²) in [5.41, 5.74) is 0. The number of ketones is 1. The van der Waals surface area contributed by atoms with E-state index in [9.17, 15) is 13.2 Å². The number of rotatable bonds is 9. The van der Waals surface area contributed by atoms with Gasteiger partial charge in [0.2, 0.25) is 10.0 Å². The highest BCUT2D eigenvalue weighted by Crippen LogP contribution is 2.22. The van der Waals surface area contributed by atoms with Crippen molar-refractivity contribution in [1.29, 1.82) is 0 Å². The quantitative estimate of drug-likeness (QED) is 0.519. The fraction of sp³-hybridized carbons (Fsp3) is 0.500. The molecule has 1 N–H and O–H groups in total. The standard InChI is InChI=1S/C14H20N4O3S3/c1-4-18-10(2)16-17-14(18)22-9-12(19)13-6-5-11(23-13)7-8-15-24(3,20)21/h5-6,15H,4,7-9H2,1-3H3. The predicted octanol–water partition coefficient (Wildman–Crippen LogP) is 1.73. The van der Waals surface area contributed by atoms with Gasteiger partial charge in [-0.2, -0.15) is 0 Å². The van der Waals surface area contributed by atoms with Crippen LogP contribution in [-0.4, -0.2) is 47.5 Å². The van der Waals surface area contributed by atoms with Gasteiger partial charge in [0.15, 0.2) is 10.9 Å². The molecule has 0 unspecified atom stereocenters. The molecule has 24 heavy (non-hydrogen) atoms. The molecule has 0 saturated carbocycles. The lowest BCUT2D eigenvalue weighted by Crippen LogP contribution is -2.23. The summed E-state index contributed by atoms with van der Waals surface area (Å²) in [4.78, 5) is 13.9. The average Bonchev–Trinajstić information content (AvgIpc) is 3.10. The first-order valence-corrected chi connectivity index (χ1v) is 11.1. The number of carbonyl (C=O) groups excluding carboxylic acids is 1. The lowest BCUT2D eigenvalue weighted by Gasteiger charge is -2.03. The molecule has 0 atom stereocenters. The normalized spacial score (nSPS) is 11.8. The number of Topliss-reactive ketones (excluding diaryl/α,β-unsaturated/α-hetero) is 1. The van der Waals surface area contributed by atoms with Gasteiger partial charge in [-0.05, 0) is 32.4 Å². The first kappa shape index (κ1) is 19.1. The molecule has 0 saturated heterocycles. The largest absolute Gasteiger partial charge is 0.307 e. The van der Waals surface area contributed by atoms with Gasteiger partial charge >= 0.3 is 0 Å². The summed E-state index contributed by atoms with van der Waals surface area (Å²) >= 11 is 2.78. The van der Waals surface area contributed by atoms with Gasteiger partial charge in [-0.1, -0.05) is 11.8 Å². The van der Waals surface area contributed by atoms with Crippen LogP contribution in [0.5, 0.6) is 0 Å². The number of aromatic nitrogens is 3. The Bertz CT molecular complexity index is 811. The number of hydrogen-bond donors (Lipinski definition) is 1. The van der Waals surface area contributed by atoms with Crippen LogP contribution in [0.3, 0.4) is 0 Å². The monoisotopic (exact) mass is 388 g/mol. The Hall–Kier alpha value is -1.23. The number of nitrogens with zero attached hydrogens (tertiary/aromatic N) is 3. The number of hydrogen-bond acceptors (Lipinski definition) is 7. The van der Waals surface area contributed by atoms with E-state index in [1.807, 2.05) is 24.5 Å². The van der Waals surface area contributed by atoms with Gasteiger partial charge in [-0.25, -0.2) is 13.1 Å². The summed E-state index contributed by atoms with van der Waals surface area (Å²) in [7, 11) is -3.18. The number of thioether (sulfide) groups is 1. The summed E-state index contributed by atoms with van der Waals surface area (Å²) in [6.07, 6.45) is 1.70. The maximum atomic E-state index is 12.3. The second-order valence-corrected chi connectivity index (χ2v) is 9.11. The number of sulfonamides is 1. The Morgan fingerprint density at radius 3 is 2.79 bits per heavy atom. The van der Waals surface area contributed by atoms with E-state index < -0.39 is 10.0 Å². The van der Waals surface area contributed by atoms with Gasteiger partial charge in [0.25, 0.3) is 0 Å². The molecule has 0 aliphatic heterocycles. The molecule has 132 valence electrons. The van der Waals surface area contributed by atoms with Gasteiger partial charge in [0.05, 0.1) is 16.9 Å². The molecular formula is C14H20N4O3S3. The molecule has 2 heterocycles. The van der Waals surface area contributed by atoms with Crippen molar-refractivity contribution in [1.82, 2.24) is 19.5 Å². The van der Waals surface area contributed by atoms with Crippen molar-refractivity contribution in [2.45, 2.75) is 32.0 Å². The SMILES string of the molecule is CCn1c(C)nnc1SCC(=O)c1ccc(CCNS(C)(=O)=O)s1. The van der Waals surface area contributed by atoms with E-state index in [2.05, 4.69) is 14.9 Å². The van der Waals surface area contributed by atoms with Crippen molar-refractivity contribution in [3.63, 3.8) is 0 Å². The smallest absolute Gasteiger partial charge is 0.208 e. The van der Waals surface area contributed by atoms with Crippen molar-refractivity contribution in [3.8, 4) is 0 Å². The van der Waals surface area contributed by atoms with Crippen LogP contribution < -0.4 is 4.72 Å². The van der Waals surface area contributed by atoms with Crippen molar-refractivity contribution >= 4 is 38.9 Å². The third-order valence-corrected chi connectivity index (χ3v) is 6.10. The van der Waals surface area contributed by atoms with E-state index in [1.165, 1.54) is 23.1 Å². The molecule has 10 heteroatoms. The lowest BCUT2D eigenvalue weighted by molar-refractivity contribution is 0.102. The molecule has 2 aromatic rings. The Kier molecular flexibility index (Phi) is 6.55. The minimum atomic E-state index is -3.18. The Balaban J connectivity index is 1.89. The molecule has 0 fully saturated rings. The maximum Gasteiger partial charge on any atom is 0.208 e. The second-order valence-electron chi connectivity index (χ2n) is 5.17. The zero-order valence-corrected chi connectivity index (χ0v) is 16.2. The molecule has 0 radical (unpaired) electrons. The third-order valence-electron chi connectivity index (χ3n) is 3.22. The number of nitrogens with one attached hydrogen (secondary N) is 1. The summed E-state index contributed by atoms with van der Waals surface area (Å²) in [6, 6.07) is 3.66. The van der Waals surface area contributed by atoms with Crippen molar-refractivity contribution in [2.75, 3.05) is 18.6 Å². The molecule has 7 nitrogen and oxygen atoms in total. The average molecular weight is 389 g/mol. The molecule has 0 amide bonds. The van der Waals surface area contributed by atoms with Crippen LogP contribution in [0.2, 0.25) is 0 Å². The van der Waals surface area contributed by atoms with E-state index in [-0.39, 0.29) is 5.78 Å². The van der Waals surface area contributed by atoms with Gasteiger partial charge in [0.1, 0.15) is 5.82 Å². The van der Waals surface area contributed by atoms with Crippen LogP contribution in [0.4, 0.5) is 0 Å². The molecule has 0 aliphatic rings. The molecule has 2 aromatic heterocycles. The number of aryl methyl sites for hydroxylation is 1. The first-order valence-electron chi connectivity index (χ1n) is 7.39. The Morgan fingerprint density at radius 1 is 1.38 bits per heavy atom. The Labute approximate surface area is 149 Å². The number of carbonyl (C=O) groups is 1. The van der Waals surface area contributed by atoms with E-state index in [0.717, 1.165) is 28.7 Å². The summed E-state index contributed by atoms with van der Waals surface area (Å²) in [6.45, 7) is 5.00. The molecule has 0 aromatic carbocycles. The van der Waals surface area contributed by atoms with E-state index >= 15 is 0 Å². The molecule has 0 aliphatic carbocycles. The van der Waals surface area contributed by atoms with Gasteiger partial charge in [0, 0.05) is 18.0 Å². The molecular weight excluding hydrogens is 368 g/mol. The van der Waals surface area contributed by atoms with Crippen LogP contribution >= 0.6 is 23.1 Å². The lowest BCUT2D eigenvalue weighted by atomic mass is 10.3. The van der Waals surface area contributed by atoms with E-state index in [4.69, 9.17) is 0 Å². The molecule has 2 rings (SSSR count).